The molecule has 21 heavy (non-hydrogen) atoms. The van der Waals surface area contributed by atoms with E-state index in [2.05, 4.69) is 15.5 Å². The topological polar surface area (TPSA) is 69.6 Å². The first kappa shape index (κ1) is 14.0. The van der Waals surface area contributed by atoms with Crippen LogP contribution in [0.4, 0.5) is 10.1 Å². The van der Waals surface area contributed by atoms with Crippen LogP contribution in [0.1, 0.15) is 38.5 Å². The second-order valence-electron chi connectivity index (χ2n) is 5.76. The maximum atomic E-state index is 13.9. The van der Waals surface area contributed by atoms with E-state index >= 15 is 0 Å². The molecule has 1 saturated carbocycles. The summed E-state index contributed by atoms with van der Waals surface area (Å²) in [6.07, 6.45) is 7.59. The predicted octanol–water partition coefficient (Wildman–Crippen LogP) is 3.03. The number of nitrogen functional groups attached to an aromatic ring is 1. The van der Waals surface area contributed by atoms with Crippen molar-refractivity contribution in [3.05, 3.63) is 24.0 Å². The highest BCUT2D eigenvalue weighted by Crippen LogP contribution is 2.28. The molecule has 112 valence electrons. The average Bonchev–Trinajstić information content (AvgIpc) is 2.97. The van der Waals surface area contributed by atoms with E-state index in [9.17, 15) is 4.39 Å². The average molecular weight is 289 g/mol. The molecular formula is C15H20FN5. The Hall–Kier alpha value is -1.98. The standard InChI is InChI=1S/C15H20FN5/c16-14-7-6-12(17)10-13(14)15-18-19-20-21(15)9-8-11-4-2-1-3-5-11/h6-7,10-11H,1-5,8-9,17H2. The quantitative estimate of drug-likeness (QED) is 0.878. The number of nitrogens with two attached hydrogens (primary N) is 1. The second-order valence-corrected chi connectivity index (χ2v) is 5.76. The lowest BCUT2D eigenvalue weighted by molar-refractivity contribution is 0.318. The van der Waals surface area contributed by atoms with Crippen LogP contribution in [0.3, 0.4) is 0 Å². The number of rotatable bonds is 4. The molecule has 0 radical (unpaired) electrons. The van der Waals surface area contributed by atoms with Crippen LogP contribution in [0.2, 0.25) is 0 Å². The summed E-state index contributed by atoms with van der Waals surface area (Å²) in [6.45, 7) is 0.723. The third-order valence-electron chi connectivity index (χ3n) is 4.24. The Kier molecular flexibility index (Phi) is 4.13. The molecule has 0 aliphatic heterocycles. The molecule has 0 saturated heterocycles. The van der Waals surface area contributed by atoms with Crippen molar-refractivity contribution >= 4 is 5.69 Å². The lowest BCUT2D eigenvalue weighted by atomic mass is 9.87. The molecule has 2 N–H and O–H groups in total. The van der Waals surface area contributed by atoms with Gasteiger partial charge in [0.1, 0.15) is 5.82 Å². The summed E-state index contributed by atoms with van der Waals surface area (Å²) in [7, 11) is 0. The molecule has 2 aromatic rings. The zero-order valence-electron chi connectivity index (χ0n) is 12.0. The number of aromatic nitrogens is 4. The molecule has 0 bridgehead atoms. The van der Waals surface area contributed by atoms with E-state index in [1.54, 1.807) is 10.7 Å². The fourth-order valence-electron chi connectivity index (χ4n) is 3.04. The van der Waals surface area contributed by atoms with Gasteiger partial charge in [0.25, 0.3) is 0 Å². The Morgan fingerprint density at radius 1 is 1.24 bits per heavy atom. The van der Waals surface area contributed by atoms with Crippen LogP contribution < -0.4 is 5.73 Å². The minimum Gasteiger partial charge on any atom is -0.399 e. The summed E-state index contributed by atoms with van der Waals surface area (Å²) in [5.74, 6) is 0.843. The van der Waals surface area contributed by atoms with Crippen LogP contribution in [0.5, 0.6) is 0 Å². The van der Waals surface area contributed by atoms with Gasteiger partial charge in [-0.1, -0.05) is 32.1 Å². The first-order valence-corrected chi connectivity index (χ1v) is 7.55. The van der Waals surface area contributed by atoms with Crippen LogP contribution in [0.15, 0.2) is 18.2 Å². The lowest BCUT2D eigenvalue weighted by Gasteiger charge is -2.21. The Bertz CT molecular complexity index is 604. The normalized spacial score (nSPS) is 16.2. The fraction of sp³-hybridized carbons (Fsp3) is 0.533. The number of hydrogen-bond acceptors (Lipinski definition) is 4. The van der Waals surface area contributed by atoms with E-state index in [0.29, 0.717) is 17.1 Å². The second kappa shape index (κ2) is 6.20. The van der Waals surface area contributed by atoms with Crippen molar-refractivity contribution in [2.24, 2.45) is 5.92 Å². The zero-order valence-corrected chi connectivity index (χ0v) is 12.0. The minimum atomic E-state index is -0.349. The van der Waals surface area contributed by atoms with Gasteiger partial charge in [-0.15, -0.1) is 5.10 Å². The Labute approximate surface area is 123 Å². The first-order valence-electron chi connectivity index (χ1n) is 7.55. The van der Waals surface area contributed by atoms with Gasteiger partial charge in [-0.3, -0.25) is 0 Å². The van der Waals surface area contributed by atoms with Gasteiger partial charge < -0.3 is 5.73 Å². The van der Waals surface area contributed by atoms with Gasteiger partial charge in [-0.2, -0.15) is 0 Å². The summed E-state index contributed by atoms with van der Waals surface area (Å²) in [6, 6.07) is 4.47. The maximum absolute atomic E-state index is 13.9. The van der Waals surface area contributed by atoms with E-state index in [1.807, 2.05) is 0 Å². The lowest BCUT2D eigenvalue weighted by Crippen LogP contribution is -2.12. The van der Waals surface area contributed by atoms with Gasteiger partial charge in [0.15, 0.2) is 5.82 Å². The van der Waals surface area contributed by atoms with E-state index in [1.165, 1.54) is 44.2 Å². The number of tetrazole rings is 1. The van der Waals surface area contributed by atoms with Crippen molar-refractivity contribution in [2.75, 3.05) is 5.73 Å². The molecule has 3 rings (SSSR count). The van der Waals surface area contributed by atoms with Crippen LogP contribution in [-0.2, 0) is 6.54 Å². The molecule has 0 spiro atoms. The van der Waals surface area contributed by atoms with E-state index in [4.69, 9.17) is 5.73 Å². The summed E-state index contributed by atoms with van der Waals surface area (Å²) in [5.41, 5.74) is 6.60. The number of hydrogen-bond donors (Lipinski definition) is 1. The fourth-order valence-corrected chi connectivity index (χ4v) is 3.04. The molecule has 1 aliphatic rings. The van der Waals surface area contributed by atoms with Crippen molar-refractivity contribution in [3.63, 3.8) is 0 Å². The first-order chi connectivity index (χ1) is 10.2. The molecule has 1 aliphatic carbocycles. The van der Waals surface area contributed by atoms with Crippen LogP contribution >= 0.6 is 0 Å². The maximum Gasteiger partial charge on any atom is 0.185 e. The van der Waals surface area contributed by atoms with Gasteiger partial charge in [0.05, 0.1) is 5.56 Å². The smallest absolute Gasteiger partial charge is 0.185 e. The van der Waals surface area contributed by atoms with Crippen LogP contribution in [0.25, 0.3) is 11.4 Å². The van der Waals surface area contributed by atoms with Crippen LogP contribution in [-0.4, -0.2) is 20.2 Å². The Morgan fingerprint density at radius 2 is 2.05 bits per heavy atom. The molecule has 1 aromatic heterocycles. The van der Waals surface area contributed by atoms with Crippen molar-refractivity contribution < 1.29 is 4.39 Å². The molecule has 0 unspecified atom stereocenters. The third kappa shape index (κ3) is 3.20. The molecule has 1 aromatic carbocycles. The van der Waals surface area contributed by atoms with E-state index in [-0.39, 0.29) is 5.82 Å². The summed E-state index contributed by atoms with van der Waals surface area (Å²) in [5, 5.41) is 11.6. The SMILES string of the molecule is Nc1ccc(F)c(-c2nnnn2CCC2CCCCC2)c1. The number of benzene rings is 1. The van der Waals surface area contributed by atoms with E-state index < -0.39 is 0 Å². The number of aryl methyl sites for hydroxylation is 1. The van der Waals surface area contributed by atoms with Crippen molar-refractivity contribution in [3.8, 4) is 11.4 Å². The van der Waals surface area contributed by atoms with Crippen LogP contribution in [0, 0.1) is 11.7 Å². The highest BCUT2D eigenvalue weighted by atomic mass is 19.1. The van der Waals surface area contributed by atoms with Gasteiger partial charge in [-0.25, -0.2) is 9.07 Å². The number of nitrogens with zero attached hydrogens (tertiary/aromatic N) is 4. The molecule has 1 fully saturated rings. The third-order valence-corrected chi connectivity index (χ3v) is 4.24. The van der Waals surface area contributed by atoms with Gasteiger partial charge in [-0.05, 0) is 41.0 Å². The van der Waals surface area contributed by atoms with Crippen molar-refractivity contribution in [2.45, 2.75) is 45.1 Å². The summed E-state index contributed by atoms with van der Waals surface area (Å²) in [4.78, 5) is 0. The predicted molar refractivity (Wildman–Crippen MR) is 78.8 cm³/mol. The van der Waals surface area contributed by atoms with Gasteiger partial charge in [0.2, 0.25) is 0 Å². The van der Waals surface area contributed by atoms with E-state index in [0.717, 1.165) is 18.9 Å². The molecular weight excluding hydrogens is 269 g/mol. The minimum absolute atomic E-state index is 0.349. The Morgan fingerprint density at radius 3 is 2.86 bits per heavy atom. The Balaban J connectivity index is 1.75. The number of anilines is 1. The number of halogens is 1. The highest BCUT2D eigenvalue weighted by molar-refractivity contribution is 5.61. The summed E-state index contributed by atoms with van der Waals surface area (Å²) >= 11 is 0. The molecule has 5 nitrogen and oxygen atoms in total. The molecule has 1 heterocycles. The largest absolute Gasteiger partial charge is 0.399 e. The molecule has 0 amide bonds. The monoisotopic (exact) mass is 289 g/mol. The molecule has 6 heteroatoms. The van der Waals surface area contributed by atoms with Crippen molar-refractivity contribution in [1.82, 2.24) is 20.2 Å². The van der Waals surface area contributed by atoms with Gasteiger partial charge in [0, 0.05) is 12.2 Å². The highest BCUT2D eigenvalue weighted by Gasteiger charge is 2.17. The summed E-state index contributed by atoms with van der Waals surface area (Å²) < 4.78 is 15.6. The molecule has 0 atom stereocenters. The van der Waals surface area contributed by atoms with Crippen molar-refractivity contribution in [1.29, 1.82) is 0 Å². The zero-order chi connectivity index (χ0) is 14.7. The van der Waals surface area contributed by atoms with Gasteiger partial charge >= 0.3 is 0 Å².